The molecule has 2 aromatic rings. The van der Waals surface area contributed by atoms with Gasteiger partial charge in [0.25, 0.3) is 0 Å². The molecule has 3 rings (SSSR count). The van der Waals surface area contributed by atoms with E-state index in [4.69, 9.17) is 4.98 Å². The van der Waals surface area contributed by atoms with Gasteiger partial charge in [-0.05, 0) is 11.5 Å². The number of aromatic nitrogens is 2. The summed E-state index contributed by atoms with van der Waals surface area (Å²) in [6, 6.07) is 11.1. The van der Waals surface area contributed by atoms with Gasteiger partial charge in [-0.1, -0.05) is 58.0 Å². The van der Waals surface area contributed by atoms with Crippen LogP contribution >= 0.6 is 11.5 Å². The highest BCUT2D eigenvalue weighted by Crippen LogP contribution is 2.42. The fourth-order valence-corrected chi connectivity index (χ4v) is 3.59. The summed E-state index contributed by atoms with van der Waals surface area (Å²) in [6.07, 6.45) is 0. The van der Waals surface area contributed by atoms with Crippen LogP contribution in [-0.4, -0.2) is 15.9 Å². The lowest BCUT2D eigenvalue weighted by atomic mass is 9.85. The summed E-state index contributed by atoms with van der Waals surface area (Å²) in [5.74, 6) is 1.61. The quantitative estimate of drug-likeness (QED) is 0.835. The lowest BCUT2D eigenvalue weighted by molar-refractivity contribution is 0.324. The zero-order chi connectivity index (χ0) is 14.3. The Balaban J connectivity index is 1.86. The van der Waals surface area contributed by atoms with Crippen LogP contribution in [-0.2, 0) is 5.41 Å². The normalized spacial score (nSPS) is 22.7. The summed E-state index contributed by atoms with van der Waals surface area (Å²) in [6.45, 7) is 9.85. The Morgan fingerprint density at radius 1 is 1.20 bits per heavy atom. The molecule has 0 spiro atoms. The highest BCUT2D eigenvalue weighted by Gasteiger charge is 2.39. The van der Waals surface area contributed by atoms with E-state index in [-0.39, 0.29) is 5.41 Å². The third-order valence-electron chi connectivity index (χ3n) is 3.83. The van der Waals surface area contributed by atoms with Crippen molar-refractivity contribution in [1.82, 2.24) is 9.36 Å². The molecule has 1 aromatic carbocycles. The Morgan fingerprint density at radius 3 is 2.45 bits per heavy atom. The van der Waals surface area contributed by atoms with Gasteiger partial charge in [0.1, 0.15) is 5.82 Å². The van der Waals surface area contributed by atoms with Crippen molar-refractivity contribution < 1.29 is 0 Å². The second-order valence-corrected chi connectivity index (χ2v) is 7.37. The molecule has 1 saturated heterocycles. The predicted octanol–water partition coefficient (Wildman–Crippen LogP) is 4.03. The maximum atomic E-state index is 4.75. The molecule has 20 heavy (non-hydrogen) atoms. The van der Waals surface area contributed by atoms with E-state index in [1.165, 1.54) is 17.1 Å². The Labute approximate surface area is 124 Å². The van der Waals surface area contributed by atoms with Gasteiger partial charge in [0, 0.05) is 23.5 Å². The van der Waals surface area contributed by atoms with E-state index in [2.05, 4.69) is 67.3 Å². The standard InChI is InChI=1S/C16H21N3S/c1-11-10-19(13(11)12-8-6-5-7-9-12)15-17-14(18-20-15)16(2,3)4/h5-9,11,13H,10H2,1-4H3. The molecule has 106 valence electrons. The van der Waals surface area contributed by atoms with E-state index in [1.807, 2.05) is 0 Å². The second-order valence-electron chi connectivity index (χ2n) is 6.64. The molecule has 1 fully saturated rings. The maximum Gasteiger partial charge on any atom is 0.205 e. The first-order valence-corrected chi connectivity index (χ1v) is 7.90. The highest BCUT2D eigenvalue weighted by molar-refractivity contribution is 7.09. The molecular weight excluding hydrogens is 266 g/mol. The summed E-state index contributed by atoms with van der Waals surface area (Å²) < 4.78 is 4.53. The average molecular weight is 287 g/mol. The van der Waals surface area contributed by atoms with Gasteiger partial charge in [-0.3, -0.25) is 0 Å². The third kappa shape index (κ3) is 2.33. The van der Waals surface area contributed by atoms with Crippen molar-refractivity contribution in [3.8, 4) is 0 Å². The summed E-state index contributed by atoms with van der Waals surface area (Å²) in [5, 5.41) is 1.06. The van der Waals surface area contributed by atoms with E-state index >= 15 is 0 Å². The number of nitrogens with zero attached hydrogens (tertiary/aromatic N) is 3. The highest BCUT2D eigenvalue weighted by atomic mass is 32.1. The van der Waals surface area contributed by atoms with E-state index in [9.17, 15) is 0 Å². The summed E-state index contributed by atoms with van der Waals surface area (Å²) in [4.78, 5) is 7.13. The fourth-order valence-electron chi connectivity index (χ4n) is 2.69. The first-order valence-electron chi connectivity index (χ1n) is 7.12. The number of hydrogen-bond acceptors (Lipinski definition) is 4. The van der Waals surface area contributed by atoms with Gasteiger partial charge in [-0.25, -0.2) is 4.98 Å². The third-order valence-corrected chi connectivity index (χ3v) is 4.59. The topological polar surface area (TPSA) is 29.0 Å². The van der Waals surface area contributed by atoms with Gasteiger partial charge in [-0.2, -0.15) is 4.37 Å². The van der Waals surface area contributed by atoms with Crippen molar-refractivity contribution in [2.45, 2.75) is 39.2 Å². The Kier molecular flexibility index (Phi) is 3.28. The zero-order valence-corrected chi connectivity index (χ0v) is 13.3. The molecule has 2 heterocycles. The van der Waals surface area contributed by atoms with Crippen molar-refractivity contribution in [1.29, 1.82) is 0 Å². The number of anilines is 1. The molecule has 0 radical (unpaired) electrons. The largest absolute Gasteiger partial charge is 0.339 e. The van der Waals surface area contributed by atoms with Crippen LogP contribution in [0.5, 0.6) is 0 Å². The molecule has 4 heteroatoms. The van der Waals surface area contributed by atoms with Crippen LogP contribution in [0.2, 0.25) is 0 Å². The van der Waals surface area contributed by atoms with Gasteiger partial charge >= 0.3 is 0 Å². The van der Waals surface area contributed by atoms with Crippen LogP contribution in [0.25, 0.3) is 0 Å². The minimum atomic E-state index is 0.0213. The van der Waals surface area contributed by atoms with E-state index in [1.54, 1.807) is 0 Å². The average Bonchev–Trinajstić information content (AvgIpc) is 2.86. The van der Waals surface area contributed by atoms with Gasteiger partial charge in [0.2, 0.25) is 5.13 Å². The molecule has 3 nitrogen and oxygen atoms in total. The first-order chi connectivity index (χ1) is 9.47. The van der Waals surface area contributed by atoms with Crippen molar-refractivity contribution in [3.05, 3.63) is 41.7 Å². The number of benzene rings is 1. The molecule has 1 aromatic heterocycles. The summed E-state index contributed by atoms with van der Waals surface area (Å²) in [5.41, 5.74) is 1.40. The van der Waals surface area contributed by atoms with Crippen LogP contribution < -0.4 is 4.90 Å². The van der Waals surface area contributed by atoms with Gasteiger partial charge in [-0.15, -0.1) is 0 Å². The van der Waals surface area contributed by atoms with Gasteiger partial charge in [0.15, 0.2) is 0 Å². The minimum absolute atomic E-state index is 0.0213. The second kappa shape index (κ2) is 4.85. The van der Waals surface area contributed by atoms with Crippen LogP contribution in [0, 0.1) is 5.92 Å². The lowest BCUT2D eigenvalue weighted by Gasteiger charge is -2.46. The van der Waals surface area contributed by atoms with Gasteiger partial charge in [0.05, 0.1) is 6.04 Å². The molecule has 1 aliphatic rings. The Hall–Kier alpha value is -1.42. The van der Waals surface area contributed by atoms with Crippen LogP contribution in [0.4, 0.5) is 5.13 Å². The fraction of sp³-hybridized carbons (Fsp3) is 0.500. The molecule has 2 unspecified atom stereocenters. The smallest absolute Gasteiger partial charge is 0.205 e. The molecule has 1 aliphatic heterocycles. The molecule has 2 atom stereocenters. The predicted molar refractivity (Wildman–Crippen MR) is 84.3 cm³/mol. The van der Waals surface area contributed by atoms with E-state index < -0.39 is 0 Å². The molecule has 0 N–H and O–H groups in total. The number of rotatable bonds is 2. The molecule has 0 saturated carbocycles. The summed E-state index contributed by atoms with van der Waals surface area (Å²) >= 11 is 1.53. The molecule has 0 amide bonds. The molecule has 0 bridgehead atoms. The summed E-state index contributed by atoms with van der Waals surface area (Å²) in [7, 11) is 0. The van der Waals surface area contributed by atoms with Crippen LogP contribution in [0.3, 0.4) is 0 Å². The zero-order valence-electron chi connectivity index (χ0n) is 12.5. The Morgan fingerprint density at radius 2 is 1.90 bits per heavy atom. The first kappa shape index (κ1) is 13.6. The SMILES string of the molecule is CC1CN(c2nc(C(C)(C)C)ns2)C1c1ccccc1. The van der Waals surface area contributed by atoms with Crippen molar-refractivity contribution in [2.24, 2.45) is 5.92 Å². The van der Waals surface area contributed by atoms with Crippen molar-refractivity contribution >= 4 is 16.7 Å². The van der Waals surface area contributed by atoms with Crippen LogP contribution in [0.15, 0.2) is 30.3 Å². The van der Waals surface area contributed by atoms with Crippen molar-refractivity contribution in [2.75, 3.05) is 11.4 Å². The molecular formula is C16H21N3S. The van der Waals surface area contributed by atoms with E-state index in [0.717, 1.165) is 17.5 Å². The maximum absolute atomic E-state index is 4.75. The van der Waals surface area contributed by atoms with Gasteiger partial charge < -0.3 is 4.90 Å². The van der Waals surface area contributed by atoms with E-state index in [0.29, 0.717) is 12.0 Å². The minimum Gasteiger partial charge on any atom is -0.339 e. The molecule has 0 aliphatic carbocycles. The number of hydrogen-bond donors (Lipinski definition) is 0. The Bertz CT molecular complexity index is 585. The monoisotopic (exact) mass is 287 g/mol. The van der Waals surface area contributed by atoms with Crippen molar-refractivity contribution in [3.63, 3.8) is 0 Å². The lowest BCUT2D eigenvalue weighted by Crippen LogP contribution is -2.48. The van der Waals surface area contributed by atoms with Crippen LogP contribution in [0.1, 0.15) is 45.1 Å².